The van der Waals surface area contributed by atoms with Crippen LogP contribution >= 0.6 is 0 Å². The maximum Gasteiger partial charge on any atom is 0.186 e. The molecule has 0 atom stereocenters. The minimum atomic E-state index is -1.43. The fourth-order valence-corrected chi connectivity index (χ4v) is 1.30. The molecule has 0 radical (unpaired) electrons. The van der Waals surface area contributed by atoms with E-state index in [4.69, 9.17) is 18.6 Å². The van der Waals surface area contributed by atoms with Crippen molar-refractivity contribution >= 4 is 8.32 Å². The molecule has 0 unspecified atom stereocenters. The molecular weight excluding hydrogens is 224 g/mol. The monoisotopic (exact) mass is 250 g/mol. The Morgan fingerprint density at radius 2 is 1.25 bits per heavy atom. The average Bonchev–Trinajstić information content (AvgIpc) is 2.19. The zero-order chi connectivity index (χ0) is 12.3. The van der Waals surface area contributed by atoms with Crippen LogP contribution in [0.15, 0.2) is 0 Å². The Morgan fingerprint density at radius 1 is 0.750 bits per heavy atom. The summed E-state index contributed by atoms with van der Waals surface area (Å²) in [6, 6.07) is 0. The SMILES string of the molecule is CCCOCCOCCOCO[Si](C)(C)C. The number of hydrogen-bond donors (Lipinski definition) is 0. The first-order valence-corrected chi connectivity index (χ1v) is 9.34. The highest BCUT2D eigenvalue weighted by Crippen LogP contribution is 2.01. The standard InChI is InChI=1S/C11H26O4Si/c1-5-6-12-7-8-13-9-10-14-11-15-16(2,3)4/h5-11H2,1-4H3. The lowest BCUT2D eigenvalue weighted by Gasteiger charge is -2.16. The average molecular weight is 250 g/mol. The Bertz CT molecular complexity index is 147. The van der Waals surface area contributed by atoms with Crippen molar-refractivity contribution in [1.82, 2.24) is 0 Å². The minimum Gasteiger partial charge on any atom is -0.395 e. The van der Waals surface area contributed by atoms with E-state index in [1.165, 1.54) is 0 Å². The predicted molar refractivity (Wildman–Crippen MR) is 67.2 cm³/mol. The fraction of sp³-hybridized carbons (Fsp3) is 1.00. The van der Waals surface area contributed by atoms with Crippen molar-refractivity contribution in [1.29, 1.82) is 0 Å². The minimum absolute atomic E-state index is 0.380. The van der Waals surface area contributed by atoms with Gasteiger partial charge in [-0.15, -0.1) is 0 Å². The Kier molecular flexibility index (Phi) is 10.3. The van der Waals surface area contributed by atoms with Gasteiger partial charge in [0.05, 0.1) is 26.4 Å². The zero-order valence-electron chi connectivity index (χ0n) is 11.1. The summed E-state index contributed by atoms with van der Waals surface area (Å²) in [5.41, 5.74) is 0. The summed E-state index contributed by atoms with van der Waals surface area (Å²) in [7, 11) is -1.43. The summed E-state index contributed by atoms with van der Waals surface area (Å²) in [4.78, 5) is 0. The third kappa shape index (κ3) is 14.1. The third-order valence-corrected chi connectivity index (χ3v) is 2.65. The second-order valence-electron chi connectivity index (χ2n) is 4.51. The number of ether oxygens (including phenoxy) is 3. The molecule has 0 N–H and O–H groups in total. The molecule has 0 saturated heterocycles. The van der Waals surface area contributed by atoms with Gasteiger partial charge in [-0.05, 0) is 26.1 Å². The van der Waals surface area contributed by atoms with Gasteiger partial charge in [0.1, 0.15) is 6.79 Å². The van der Waals surface area contributed by atoms with Gasteiger partial charge in [0.2, 0.25) is 0 Å². The van der Waals surface area contributed by atoms with Gasteiger partial charge < -0.3 is 18.6 Å². The van der Waals surface area contributed by atoms with Gasteiger partial charge in [0.25, 0.3) is 0 Å². The molecule has 98 valence electrons. The van der Waals surface area contributed by atoms with Crippen molar-refractivity contribution in [3.63, 3.8) is 0 Å². The lowest BCUT2D eigenvalue weighted by atomic mass is 10.5. The Hall–Kier alpha value is 0.0569. The van der Waals surface area contributed by atoms with Gasteiger partial charge in [0, 0.05) is 6.61 Å². The molecule has 0 saturated carbocycles. The maximum atomic E-state index is 5.53. The summed E-state index contributed by atoms with van der Waals surface area (Å²) >= 11 is 0. The molecule has 0 rings (SSSR count). The van der Waals surface area contributed by atoms with Crippen LogP contribution in [0.2, 0.25) is 19.6 Å². The van der Waals surface area contributed by atoms with E-state index in [9.17, 15) is 0 Å². The molecule has 5 heteroatoms. The van der Waals surface area contributed by atoms with E-state index in [2.05, 4.69) is 26.6 Å². The molecule has 4 nitrogen and oxygen atoms in total. The highest BCUT2D eigenvalue weighted by molar-refractivity contribution is 6.69. The molecule has 0 heterocycles. The highest BCUT2D eigenvalue weighted by Gasteiger charge is 2.13. The van der Waals surface area contributed by atoms with Crippen LogP contribution < -0.4 is 0 Å². The van der Waals surface area contributed by atoms with Crippen LogP contribution in [-0.4, -0.2) is 48.1 Å². The van der Waals surface area contributed by atoms with E-state index < -0.39 is 8.32 Å². The van der Waals surface area contributed by atoms with Crippen molar-refractivity contribution in [3.8, 4) is 0 Å². The van der Waals surface area contributed by atoms with E-state index in [-0.39, 0.29) is 0 Å². The first-order chi connectivity index (χ1) is 7.56. The second-order valence-corrected chi connectivity index (χ2v) is 9.02. The largest absolute Gasteiger partial charge is 0.395 e. The van der Waals surface area contributed by atoms with E-state index in [1.807, 2.05) is 0 Å². The second kappa shape index (κ2) is 10.2. The van der Waals surface area contributed by atoms with Gasteiger partial charge in [-0.2, -0.15) is 0 Å². The predicted octanol–water partition coefficient (Wildman–Crippen LogP) is 2.26. The normalized spacial score (nSPS) is 12.0. The smallest absolute Gasteiger partial charge is 0.186 e. The summed E-state index contributed by atoms with van der Waals surface area (Å²) < 4.78 is 21.4. The van der Waals surface area contributed by atoms with Crippen LogP contribution in [0.25, 0.3) is 0 Å². The van der Waals surface area contributed by atoms with Crippen molar-refractivity contribution < 1.29 is 18.6 Å². The molecule has 0 spiro atoms. The summed E-state index contributed by atoms with van der Waals surface area (Å²) in [6.45, 7) is 12.2. The quantitative estimate of drug-likeness (QED) is 0.320. The highest BCUT2D eigenvalue weighted by atomic mass is 28.4. The van der Waals surface area contributed by atoms with Crippen LogP contribution in [0.5, 0.6) is 0 Å². The van der Waals surface area contributed by atoms with Crippen molar-refractivity contribution in [2.75, 3.05) is 39.8 Å². The van der Waals surface area contributed by atoms with E-state index >= 15 is 0 Å². The lowest BCUT2D eigenvalue weighted by Crippen LogP contribution is -2.27. The summed E-state index contributed by atoms with van der Waals surface area (Å²) in [5.74, 6) is 0. The molecule has 0 aliphatic rings. The molecule has 0 aromatic carbocycles. The van der Waals surface area contributed by atoms with Gasteiger partial charge in [-0.3, -0.25) is 0 Å². The number of rotatable bonds is 11. The molecule has 0 fully saturated rings. The van der Waals surface area contributed by atoms with Crippen molar-refractivity contribution in [2.24, 2.45) is 0 Å². The van der Waals surface area contributed by atoms with Crippen molar-refractivity contribution in [2.45, 2.75) is 33.0 Å². The zero-order valence-corrected chi connectivity index (χ0v) is 12.1. The lowest BCUT2D eigenvalue weighted by molar-refractivity contribution is -0.0293. The first kappa shape index (κ1) is 16.1. The number of hydrogen-bond acceptors (Lipinski definition) is 4. The topological polar surface area (TPSA) is 36.9 Å². The van der Waals surface area contributed by atoms with Crippen LogP contribution in [0.4, 0.5) is 0 Å². The van der Waals surface area contributed by atoms with Gasteiger partial charge >= 0.3 is 0 Å². The maximum absolute atomic E-state index is 5.53. The summed E-state index contributed by atoms with van der Waals surface area (Å²) in [6.07, 6.45) is 1.05. The fourth-order valence-electron chi connectivity index (χ4n) is 0.862. The van der Waals surface area contributed by atoms with Crippen LogP contribution in [0, 0.1) is 0 Å². The third-order valence-electron chi connectivity index (χ3n) is 1.67. The molecule has 0 bridgehead atoms. The van der Waals surface area contributed by atoms with Gasteiger partial charge in [-0.25, -0.2) is 0 Å². The van der Waals surface area contributed by atoms with Crippen LogP contribution in [-0.2, 0) is 18.6 Å². The molecule has 16 heavy (non-hydrogen) atoms. The van der Waals surface area contributed by atoms with Gasteiger partial charge in [0.15, 0.2) is 8.32 Å². The first-order valence-electron chi connectivity index (χ1n) is 5.93. The Morgan fingerprint density at radius 3 is 1.75 bits per heavy atom. The molecular formula is C11H26O4Si. The Labute approximate surface area is 100 Å². The molecule has 0 aliphatic carbocycles. The van der Waals surface area contributed by atoms with E-state index in [0.717, 1.165) is 13.0 Å². The summed E-state index contributed by atoms with van der Waals surface area (Å²) in [5, 5.41) is 0. The Balaban J connectivity index is 2.99. The van der Waals surface area contributed by atoms with Crippen LogP contribution in [0.1, 0.15) is 13.3 Å². The van der Waals surface area contributed by atoms with Crippen LogP contribution in [0.3, 0.4) is 0 Å². The molecule has 0 aliphatic heterocycles. The molecule has 0 amide bonds. The van der Waals surface area contributed by atoms with E-state index in [1.54, 1.807) is 0 Å². The van der Waals surface area contributed by atoms with Gasteiger partial charge in [-0.1, -0.05) is 6.92 Å². The molecule has 0 aromatic heterocycles. The molecule has 0 aromatic rings. The van der Waals surface area contributed by atoms with Crippen molar-refractivity contribution in [3.05, 3.63) is 0 Å². The van der Waals surface area contributed by atoms with E-state index in [0.29, 0.717) is 33.2 Å².